The second kappa shape index (κ2) is 7.08. The number of alkyl halides is 3. The lowest BCUT2D eigenvalue weighted by atomic mass is 10.0. The SMILES string of the molecule is O=c1[nH]c(Cc2ncn[nH]2)nc(C(F)(F)F)c1Cc1ccc(Cl)c(Cl)c1. The van der Waals surface area contributed by atoms with Crippen molar-refractivity contribution in [3.8, 4) is 0 Å². The average Bonchev–Trinajstić information content (AvgIpc) is 3.05. The van der Waals surface area contributed by atoms with Crippen LogP contribution in [0.25, 0.3) is 0 Å². The highest BCUT2D eigenvalue weighted by atomic mass is 35.5. The maximum absolute atomic E-state index is 13.4. The van der Waals surface area contributed by atoms with Crippen molar-refractivity contribution in [2.45, 2.75) is 19.0 Å². The number of nitrogens with one attached hydrogen (secondary N) is 2. The van der Waals surface area contributed by atoms with Crippen molar-refractivity contribution in [2.24, 2.45) is 0 Å². The van der Waals surface area contributed by atoms with Crippen LogP contribution in [0.15, 0.2) is 29.3 Å². The molecule has 0 radical (unpaired) electrons. The van der Waals surface area contributed by atoms with E-state index in [4.69, 9.17) is 23.2 Å². The maximum Gasteiger partial charge on any atom is 0.433 e. The summed E-state index contributed by atoms with van der Waals surface area (Å²) >= 11 is 11.7. The molecule has 0 amide bonds. The number of H-pyrrole nitrogens is 2. The summed E-state index contributed by atoms with van der Waals surface area (Å²) < 4.78 is 40.3. The Kier molecular flexibility index (Phi) is 5.01. The first kappa shape index (κ1) is 18.4. The number of hydrogen-bond acceptors (Lipinski definition) is 4. The molecule has 3 rings (SSSR count). The monoisotopic (exact) mass is 403 g/mol. The zero-order valence-corrected chi connectivity index (χ0v) is 14.4. The van der Waals surface area contributed by atoms with Crippen LogP contribution in [-0.2, 0) is 19.0 Å². The van der Waals surface area contributed by atoms with Gasteiger partial charge < -0.3 is 4.98 Å². The number of hydrogen-bond donors (Lipinski definition) is 2. The van der Waals surface area contributed by atoms with E-state index in [1.54, 1.807) is 0 Å². The number of halogens is 5. The lowest BCUT2D eigenvalue weighted by molar-refractivity contribution is -0.142. The Bertz CT molecular complexity index is 986. The van der Waals surface area contributed by atoms with Gasteiger partial charge in [-0.05, 0) is 17.7 Å². The molecule has 11 heteroatoms. The lowest BCUT2D eigenvalue weighted by Gasteiger charge is -2.13. The summed E-state index contributed by atoms with van der Waals surface area (Å²) in [6, 6.07) is 4.36. The molecule has 6 nitrogen and oxygen atoms in total. The predicted octanol–water partition coefficient (Wildman–Crippen LogP) is 3.40. The van der Waals surface area contributed by atoms with Crippen molar-refractivity contribution < 1.29 is 13.2 Å². The van der Waals surface area contributed by atoms with Gasteiger partial charge in [0.2, 0.25) is 0 Å². The fourth-order valence-electron chi connectivity index (χ4n) is 2.35. The third-order valence-electron chi connectivity index (χ3n) is 3.50. The summed E-state index contributed by atoms with van der Waals surface area (Å²) in [5, 5.41) is 6.55. The fraction of sp³-hybridized carbons (Fsp3) is 0.200. The molecule has 0 aliphatic carbocycles. The Morgan fingerprint density at radius 3 is 2.46 bits per heavy atom. The molecule has 3 aromatic rings. The molecule has 0 saturated carbocycles. The van der Waals surface area contributed by atoms with Crippen LogP contribution in [0.5, 0.6) is 0 Å². The Morgan fingerprint density at radius 1 is 1.08 bits per heavy atom. The van der Waals surface area contributed by atoms with Gasteiger partial charge in [0.05, 0.1) is 22.0 Å². The zero-order valence-electron chi connectivity index (χ0n) is 12.9. The number of rotatable bonds is 4. The molecule has 0 aliphatic rings. The van der Waals surface area contributed by atoms with Crippen molar-refractivity contribution in [3.05, 3.63) is 73.4 Å². The van der Waals surface area contributed by atoms with E-state index in [0.717, 1.165) is 0 Å². The van der Waals surface area contributed by atoms with Crippen LogP contribution >= 0.6 is 23.2 Å². The largest absolute Gasteiger partial charge is 0.433 e. The van der Waals surface area contributed by atoms with Crippen LogP contribution in [0.2, 0.25) is 10.0 Å². The van der Waals surface area contributed by atoms with Gasteiger partial charge in [-0.25, -0.2) is 9.97 Å². The van der Waals surface area contributed by atoms with Crippen LogP contribution < -0.4 is 5.56 Å². The van der Waals surface area contributed by atoms with Crippen LogP contribution in [0, 0.1) is 0 Å². The van der Waals surface area contributed by atoms with Gasteiger partial charge in [-0.2, -0.15) is 18.3 Å². The zero-order chi connectivity index (χ0) is 18.9. The molecule has 2 aromatic heterocycles. The van der Waals surface area contributed by atoms with Crippen LogP contribution in [0.4, 0.5) is 13.2 Å². The molecule has 0 spiro atoms. The number of benzene rings is 1. The van der Waals surface area contributed by atoms with E-state index < -0.39 is 23.0 Å². The molecule has 0 saturated heterocycles. The smallest absolute Gasteiger partial charge is 0.310 e. The van der Waals surface area contributed by atoms with E-state index in [-0.39, 0.29) is 34.5 Å². The lowest BCUT2D eigenvalue weighted by Crippen LogP contribution is -2.25. The van der Waals surface area contributed by atoms with Gasteiger partial charge in [-0.1, -0.05) is 29.3 Å². The average molecular weight is 404 g/mol. The molecule has 2 heterocycles. The molecular formula is C15H10Cl2F3N5O. The molecule has 136 valence electrons. The Labute approximate surface area is 154 Å². The van der Waals surface area contributed by atoms with E-state index in [0.29, 0.717) is 5.56 Å². The maximum atomic E-state index is 13.4. The molecular weight excluding hydrogens is 394 g/mol. The van der Waals surface area contributed by atoms with E-state index in [9.17, 15) is 18.0 Å². The predicted molar refractivity (Wildman–Crippen MR) is 88.3 cm³/mol. The highest BCUT2D eigenvalue weighted by molar-refractivity contribution is 6.42. The molecule has 1 aromatic carbocycles. The number of nitrogens with zero attached hydrogens (tertiary/aromatic N) is 3. The molecule has 26 heavy (non-hydrogen) atoms. The van der Waals surface area contributed by atoms with Crippen molar-refractivity contribution >= 4 is 23.2 Å². The normalized spacial score (nSPS) is 11.7. The van der Waals surface area contributed by atoms with Crippen molar-refractivity contribution in [3.63, 3.8) is 0 Å². The second-order valence-electron chi connectivity index (χ2n) is 5.37. The molecule has 2 N–H and O–H groups in total. The second-order valence-corrected chi connectivity index (χ2v) is 6.19. The minimum absolute atomic E-state index is 0.120. The standard InChI is InChI=1S/C15H10Cl2F3N5O/c16-9-2-1-7(4-10(9)17)3-8-13(15(18,19)20)23-12(24-14(8)26)5-11-21-6-22-25-11/h1-2,4,6H,3,5H2,(H,21,22,25)(H,23,24,26). The Hall–Kier alpha value is -2.39. The first-order valence-electron chi connectivity index (χ1n) is 7.21. The Morgan fingerprint density at radius 2 is 1.85 bits per heavy atom. The van der Waals surface area contributed by atoms with Gasteiger partial charge in [-0.15, -0.1) is 0 Å². The topological polar surface area (TPSA) is 87.3 Å². The fourth-order valence-corrected chi connectivity index (χ4v) is 2.68. The Balaban J connectivity index is 2.03. The van der Waals surface area contributed by atoms with Crippen molar-refractivity contribution in [1.82, 2.24) is 25.1 Å². The highest BCUT2D eigenvalue weighted by Gasteiger charge is 2.37. The van der Waals surface area contributed by atoms with E-state index in [1.165, 1.54) is 24.5 Å². The summed E-state index contributed by atoms with van der Waals surface area (Å²) in [5.74, 6) is 0.107. The van der Waals surface area contributed by atoms with E-state index >= 15 is 0 Å². The molecule has 0 bridgehead atoms. The molecule has 0 fully saturated rings. The summed E-state index contributed by atoms with van der Waals surface area (Å²) in [6.45, 7) is 0. The van der Waals surface area contributed by atoms with E-state index in [2.05, 4.69) is 25.1 Å². The van der Waals surface area contributed by atoms with Gasteiger partial charge in [0.25, 0.3) is 5.56 Å². The van der Waals surface area contributed by atoms with Gasteiger partial charge in [0.1, 0.15) is 18.0 Å². The van der Waals surface area contributed by atoms with Gasteiger partial charge in [0, 0.05) is 6.42 Å². The van der Waals surface area contributed by atoms with Crippen molar-refractivity contribution in [2.75, 3.05) is 0 Å². The van der Waals surface area contributed by atoms with Gasteiger partial charge >= 0.3 is 6.18 Å². The molecule has 0 aliphatic heterocycles. The number of aromatic nitrogens is 5. The number of aromatic amines is 2. The van der Waals surface area contributed by atoms with Gasteiger partial charge in [-0.3, -0.25) is 9.89 Å². The van der Waals surface area contributed by atoms with Gasteiger partial charge in [0.15, 0.2) is 5.69 Å². The summed E-state index contributed by atoms with van der Waals surface area (Å²) in [5.41, 5.74) is -2.23. The molecule has 0 atom stereocenters. The van der Waals surface area contributed by atoms with Crippen LogP contribution in [-0.4, -0.2) is 25.1 Å². The quantitative estimate of drug-likeness (QED) is 0.698. The first-order valence-corrected chi connectivity index (χ1v) is 7.97. The third-order valence-corrected chi connectivity index (χ3v) is 4.24. The summed E-state index contributed by atoms with van der Waals surface area (Å²) in [6.07, 6.45) is -4.01. The van der Waals surface area contributed by atoms with Crippen LogP contribution in [0.3, 0.4) is 0 Å². The highest BCUT2D eigenvalue weighted by Crippen LogP contribution is 2.31. The van der Waals surface area contributed by atoms with Crippen molar-refractivity contribution in [1.29, 1.82) is 0 Å². The summed E-state index contributed by atoms with van der Waals surface area (Å²) in [7, 11) is 0. The van der Waals surface area contributed by atoms with E-state index in [1.807, 2.05) is 0 Å². The molecule has 0 unspecified atom stereocenters. The third kappa shape index (κ3) is 4.05. The minimum atomic E-state index is -4.80. The summed E-state index contributed by atoms with van der Waals surface area (Å²) in [4.78, 5) is 22.0. The van der Waals surface area contributed by atoms with Crippen LogP contribution in [0.1, 0.15) is 28.5 Å². The first-order chi connectivity index (χ1) is 12.2. The minimum Gasteiger partial charge on any atom is -0.310 e.